The highest BCUT2D eigenvalue weighted by atomic mass is 16.2. The second-order valence-electron chi connectivity index (χ2n) is 6.46. The number of hydrogen-bond donors (Lipinski definition) is 2. The van der Waals surface area contributed by atoms with Crippen molar-refractivity contribution in [2.24, 2.45) is 5.92 Å². The third kappa shape index (κ3) is 4.43. The normalized spacial score (nSPS) is 21.5. The third-order valence-corrected chi connectivity index (χ3v) is 4.79. The van der Waals surface area contributed by atoms with Gasteiger partial charge in [-0.15, -0.1) is 6.58 Å². The Bertz CT molecular complexity index is 516. The molecule has 1 saturated carbocycles. The maximum Gasteiger partial charge on any atom is 0.289 e. The second-order valence-corrected chi connectivity index (χ2v) is 6.46. The largest absolute Gasteiger partial charge is 0.346 e. The van der Waals surface area contributed by atoms with E-state index in [-0.39, 0.29) is 12.5 Å². The molecular weight excluding hydrogens is 310 g/mol. The number of hydrogen-bond acceptors (Lipinski definition) is 4. The molecule has 1 aliphatic carbocycles. The molecular formula is C17H25N3O4. The fourth-order valence-electron chi connectivity index (χ4n) is 3.17. The summed E-state index contributed by atoms with van der Waals surface area (Å²) in [7, 11) is 0. The minimum atomic E-state index is -0.832. The van der Waals surface area contributed by atoms with Crippen LogP contribution in [0.4, 0.5) is 0 Å². The number of Topliss-reactive ketones (excluding diaryl/α,β-unsaturated/α-hetero) is 1. The van der Waals surface area contributed by atoms with Crippen LogP contribution in [0.2, 0.25) is 0 Å². The highest BCUT2D eigenvalue weighted by Gasteiger charge is 2.35. The molecule has 2 atom stereocenters. The molecule has 0 bridgehead atoms. The topological polar surface area (TPSA) is 95.6 Å². The quantitative estimate of drug-likeness (QED) is 0.356. The summed E-state index contributed by atoms with van der Waals surface area (Å²) in [6.07, 6.45) is 7.11. The number of carbonyl (C=O) groups excluding carboxylic acids is 4. The van der Waals surface area contributed by atoms with Gasteiger partial charge < -0.3 is 15.5 Å². The maximum absolute atomic E-state index is 12.4. The van der Waals surface area contributed by atoms with E-state index in [2.05, 4.69) is 17.2 Å². The summed E-state index contributed by atoms with van der Waals surface area (Å²) in [5.74, 6) is -1.34. The van der Waals surface area contributed by atoms with Crippen LogP contribution in [0.15, 0.2) is 12.7 Å². The highest BCUT2D eigenvalue weighted by molar-refractivity contribution is 6.38. The van der Waals surface area contributed by atoms with Gasteiger partial charge in [-0.1, -0.05) is 25.3 Å². The van der Waals surface area contributed by atoms with Gasteiger partial charge in [-0.25, -0.2) is 0 Å². The highest BCUT2D eigenvalue weighted by Crippen LogP contribution is 2.30. The molecule has 2 rings (SSSR count). The van der Waals surface area contributed by atoms with Crippen molar-refractivity contribution in [2.45, 2.75) is 50.6 Å². The lowest BCUT2D eigenvalue weighted by atomic mass is 9.80. The van der Waals surface area contributed by atoms with Gasteiger partial charge in [0.05, 0.1) is 6.04 Å². The van der Waals surface area contributed by atoms with Crippen LogP contribution < -0.4 is 10.6 Å². The van der Waals surface area contributed by atoms with Crippen molar-refractivity contribution in [3.63, 3.8) is 0 Å². The van der Waals surface area contributed by atoms with Gasteiger partial charge in [0.15, 0.2) is 0 Å². The monoisotopic (exact) mass is 335 g/mol. The van der Waals surface area contributed by atoms with Crippen molar-refractivity contribution >= 4 is 24.0 Å². The molecule has 0 aromatic rings. The van der Waals surface area contributed by atoms with Crippen molar-refractivity contribution in [3.8, 4) is 0 Å². The fraction of sp³-hybridized carbons (Fsp3) is 0.647. The molecule has 2 aliphatic rings. The number of likely N-dealkylation sites (tertiary alicyclic amines) is 1. The Hall–Kier alpha value is -2.18. The van der Waals surface area contributed by atoms with E-state index in [1.54, 1.807) is 0 Å². The predicted molar refractivity (Wildman–Crippen MR) is 87.9 cm³/mol. The predicted octanol–water partition coefficient (Wildman–Crippen LogP) is 0.154. The van der Waals surface area contributed by atoms with Crippen molar-refractivity contribution in [1.82, 2.24) is 15.5 Å². The molecule has 0 radical (unpaired) electrons. The number of nitrogens with one attached hydrogen (secondary N) is 2. The molecule has 2 fully saturated rings. The molecule has 1 aliphatic heterocycles. The lowest BCUT2D eigenvalue weighted by Gasteiger charge is -2.30. The van der Waals surface area contributed by atoms with E-state index in [0.717, 1.165) is 25.7 Å². The number of rotatable bonds is 9. The Balaban J connectivity index is 2.00. The van der Waals surface area contributed by atoms with Crippen LogP contribution in [0.3, 0.4) is 0 Å². The molecule has 2 N–H and O–H groups in total. The molecule has 1 heterocycles. The SMILES string of the molecule is C=CCNC(=O)C(=O)C(CC1CCC1)NC(=O)C1CCCN1C=O. The number of carbonyl (C=O) groups is 4. The van der Waals surface area contributed by atoms with E-state index in [0.29, 0.717) is 31.7 Å². The summed E-state index contributed by atoms with van der Waals surface area (Å²) in [5, 5.41) is 5.16. The molecule has 132 valence electrons. The van der Waals surface area contributed by atoms with Gasteiger partial charge in [-0.2, -0.15) is 0 Å². The Morgan fingerprint density at radius 3 is 2.54 bits per heavy atom. The van der Waals surface area contributed by atoms with Crippen molar-refractivity contribution < 1.29 is 19.2 Å². The summed E-state index contributed by atoms with van der Waals surface area (Å²) in [5.41, 5.74) is 0. The Morgan fingerprint density at radius 1 is 1.21 bits per heavy atom. The molecule has 3 amide bonds. The smallest absolute Gasteiger partial charge is 0.289 e. The fourth-order valence-corrected chi connectivity index (χ4v) is 3.17. The van der Waals surface area contributed by atoms with E-state index < -0.39 is 23.8 Å². The van der Waals surface area contributed by atoms with E-state index >= 15 is 0 Å². The van der Waals surface area contributed by atoms with Gasteiger partial charge >= 0.3 is 0 Å². The van der Waals surface area contributed by atoms with Gasteiger partial charge in [0.1, 0.15) is 6.04 Å². The van der Waals surface area contributed by atoms with E-state index in [9.17, 15) is 19.2 Å². The number of nitrogens with zero attached hydrogens (tertiary/aromatic N) is 1. The summed E-state index contributed by atoms with van der Waals surface area (Å²) in [4.78, 5) is 49.2. The van der Waals surface area contributed by atoms with Gasteiger partial charge in [0, 0.05) is 13.1 Å². The van der Waals surface area contributed by atoms with E-state index in [4.69, 9.17) is 0 Å². The Kier molecular flexibility index (Phi) is 6.52. The van der Waals surface area contributed by atoms with Crippen LogP contribution in [0.25, 0.3) is 0 Å². The third-order valence-electron chi connectivity index (χ3n) is 4.79. The lowest BCUT2D eigenvalue weighted by Crippen LogP contribution is -2.53. The average Bonchev–Trinajstić information content (AvgIpc) is 3.02. The van der Waals surface area contributed by atoms with Crippen LogP contribution >= 0.6 is 0 Å². The van der Waals surface area contributed by atoms with Gasteiger partial charge in [-0.05, 0) is 25.2 Å². The number of ketones is 1. The first kappa shape index (κ1) is 18.2. The minimum Gasteiger partial charge on any atom is -0.346 e. The lowest BCUT2D eigenvalue weighted by molar-refractivity contribution is -0.141. The zero-order valence-corrected chi connectivity index (χ0v) is 13.8. The molecule has 24 heavy (non-hydrogen) atoms. The van der Waals surface area contributed by atoms with E-state index in [1.807, 2.05) is 0 Å². The number of amides is 3. The van der Waals surface area contributed by atoms with Gasteiger partial charge in [0.2, 0.25) is 18.1 Å². The van der Waals surface area contributed by atoms with Crippen molar-refractivity contribution in [1.29, 1.82) is 0 Å². The first-order valence-corrected chi connectivity index (χ1v) is 8.51. The molecule has 0 spiro atoms. The van der Waals surface area contributed by atoms with Crippen LogP contribution in [0.5, 0.6) is 0 Å². The molecule has 2 unspecified atom stereocenters. The first-order valence-electron chi connectivity index (χ1n) is 8.51. The maximum atomic E-state index is 12.4. The zero-order valence-electron chi connectivity index (χ0n) is 13.8. The summed E-state index contributed by atoms with van der Waals surface area (Å²) in [6, 6.07) is -1.38. The van der Waals surface area contributed by atoms with Crippen molar-refractivity contribution in [3.05, 3.63) is 12.7 Å². The summed E-state index contributed by atoms with van der Waals surface area (Å²) < 4.78 is 0. The van der Waals surface area contributed by atoms with Gasteiger partial charge in [0.25, 0.3) is 5.91 Å². The Labute approximate surface area is 141 Å². The van der Waals surface area contributed by atoms with Crippen LogP contribution in [-0.2, 0) is 19.2 Å². The molecule has 0 aromatic heterocycles. The standard InChI is InChI=1S/C17H25N3O4/c1-2-8-18-17(24)15(22)13(10-12-5-3-6-12)19-16(23)14-7-4-9-20(14)11-21/h2,11-14H,1,3-10H2,(H,18,24)(H,19,23). The summed E-state index contributed by atoms with van der Waals surface area (Å²) in [6.45, 7) is 4.24. The minimum absolute atomic E-state index is 0.205. The average molecular weight is 335 g/mol. The second kappa shape index (κ2) is 8.61. The van der Waals surface area contributed by atoms with Crippen LogP contribution in [0, 0.1) is 5.92 Å². The molecule has 7 heteroatoms. The van der Waals surface area contributed by atoms with Crippen LogP contribution in [0.1, 0.15) is 38.5 Å². The summed E-state index contributed by atoms with van der Waals surface area (Å²) >= 11 is 0. The zero-order chi connectivity index (χ0) is 17.5. The molecule has 7 nitrogen and oxygen atoms in total. The van der Waals surface area contributed by atoms with Crippen molar-refractivity contribution in [2.75, 3.05) is 13.1 Å². The van der Waals surface area contributed by atoms with Gasteiger partial charge in [-0.3, -0.25) is 19.2 Å². The molecule has 0 aromatic carbocycles. The molecule has 1 saturated heterocycles. The van der Waals surface area contributed by atoms with Crippen LogP contribution in [-0.4, -0.2) is 54.1 Å². The first-order chi connectivity index (χ1) is 11.6. The Morgan fingerprint density at radius 2 is 1.96 bits per heavy atom. The van der Waals surface area contributed by atoms with E-state index in [1.165, 1.54) is 11.0 Å².